The van der Waals surface area contributed by atoms with Crippen LogP contribution in [0, 0.1) is 5.92 Å². The van der Waals surface area contributed by atoms with Gasteiger partial charge in [-0.1, -0.05) is 23.2 Å². The Balaban J connectivity index is 2.22. The molecule has 1 unspecified atom stereocenters. The predicted molar refractivity (Wildman–Crippen MR) is 77.6 cm³/mol. The smallest absolute Gasteiger partial charge is 0.167 e. The van der Waals surface area contributed by atoms with Crippen LogP contribution < -0.4 is 10.1 Å². The third-order valence-corrected chi connectivity index (χ3v) is 3.80. The highest BCUT2D eigenvalue weighted by Gasteiger charge is 2.23. The van der Waals surface area contributed by atoms with Crippen LogP contribution in [0.15, 0.2) is 12.1 Å². The number of ketones is 1. The van der Waals surface area contributed by atoms with Gasteiger partial charge in [0.2, 0.25) is 0 Å². The van der Waals surface area contributed by atoms with Gasteiger partial charge in [0.15, 0.2) is 11.5 Å². The lowest BCUT2D eigenvalue weighted by Gasteiger charge is -2.22. The van der Waals surface area contributed by atoms with E-state index in [4.69, 9.17) is 27.9 Å². The van der Waals surface area contributed by atoms with Crippen molar-refractivity contribution in [3.05, 3.63) is 27.7 Å². The van der Waals surface area contributed by atoms with E-state index < -0.39 is 0 Å². The lowest BCUT2D eigenvalue weighted by Crippen LogP contribution is -2.34. The fourth-order valence-corrected chi connectivity index (χ4v) is 2.89. The second-order valence-corrected chi connectivity index (χ2v) is 5.42. The maximum absolute atomic E-state index is 12.4. The van der Waals surface area contributed by atoms with Crippen LogP contribution in [0.5, 0.6) is 5.75 Å². The van der Waals surface area contributed by atoms with Gasteiger partial charge in [0, 0.05) is 18.0 Å². The Bertz CT molecular complexity index is 448. The molecule has 1 N–H and O–H groups in total. The molecule has 1 aliphatic heterocycles. The minimum absolute atomic E-state index is 0.0128. The Labute approximate surface area is 123 Å². The topological polar surface area (TPSA) is 38.3 Å². The molecular weight excluding hydrogens is 285 g/mol. The zero-order valence-corrected chi connectivity index (χ0v) is 12.4. The number of benzene rings is 1. The molecule has 1 atom stereocenters. The van der Waals surface area contributed by atoms with Gasteiger partial charge in [-0.15, -0.1) is 0 Å². The predicted octanol–water partition coefficient (Wildman–Crippen LogP) is 3.57. The fourth-order valence-electron chi connectivity index (χ4n) is 2.30. The molecule has 19 heavy (non-hydrogen) atoms. The summed E-state index contributed by atoms with van der Waals surface area (Å²) in [6, 6.07) is 3.30. The number of rotatable bonds is 4. The third-order valence-electron chi connectivity index (χ3n) is 3.24. The van der Waals surface area contributed by atoms with E-state index in [2.05, 4.69) is 5.32 Å². The second kappa shape index (κ2) is 6.60. The van der Waals surface area contributed by atoms with E-state index in [0.717, 1.165) is 25.9 Å². The molecule has 1 heterocycles. The lowest BCUT2D eigenvalue weighted by molar-refractivity contribution is 0.0899. The molecule has 1 aromatic carbocycles. The molecular formula is C14H17Cl2NO2. The SMILES string of the molecule is CCOc1c(Cl)cc(C(=O)C2CCCNC2)cc1Cl. The molecule has 2 rings (SSSR count). The Kier molecular flexibility index (Phi) is 5.08. The first-order chi connectivity index (χ1) is 9.13. The number of hydrogen-bond acceptors (Lipinski definition) is 3. The molecule has 1 aromatic rings. The van der Waals surface area contributed by atoms with Crippen molar-refractivity contribution >= 4 is 29.0 Å². The number of carbonyl (C=O) groups is 1. The van der Waals surface area contributed by atoms with E-state index in [-0.39, 0.29) is 11.7 Å². The van der Waals surface area contributed by atoms with Crippen molar-refractivity contribution in [2.24, 2.45) is 5.92 Å². The number of hydrogen-bond donors (Lipinski definition) is 1. The van der Waals surface area contributed by atoms with Crippen molar-refractivity contribution < 1.29 is 9.53 Å². The van der Waals surface area contributed by atoms with Crippen LogP contribution in [0.2, 0.25) is 10.0 Å². The summed E-state index contributed by atoms with van der Waals surface area (Å²) in [5.41, 5.74) is 0.562. The van der Waals surface area contributed by atoms with E-state index in [0.29, 0.717) is 28.0 Å². The Morgan fingerprint density at radius 3 is 2.63 bits per heavy atom. The Morgan fingerprint density at radius 1 is 1.42 bits per heavy atom. The van der Waals surface area contributed by atoms with Gasteiger partial charge in [0.1, 0.15) is 0 Å². The van der Waals surface area contributed by atoms with E-state index in [1.165, 1.54) is 0 Å². The Hall–Kier alpha value is -0.770. The highest BCUT2D eigenvalue weighted by Crippen LogP contribution is 2.35. The van der Waals surface area contributed by atoms with Crippen LogP contribution in [0.25, 0.3) is 0 Å². The molecule has 3 nitrogen and oxygen atoms in total. The van der Waals surface area contributed by atoms with Gasteiger partial charge in [-0.05, 0) is 38.4 Å². The van der Waals surface area contributed by atoms with Gasteiger partial charge < -0.3 is 10.1 Å². The van der Waals surface area contributed by atoms with Crippen LogP contribution in [-0.2, 0) is 0 Å². The summed E-state index contributed by atoms with van der Waals surface area (Å²) in [6.45, 7) is 4.05. The molecule has 1 fully saturated rings. The van der Waals surface area contributed by atoms with Crippen molar-refractivity contribution in [3.8, 4) is 5.75 Å². The maximum atomic E-state index is 12.4. The molecule has 0 bridgehead atoms. The Morgan fingerprint density at radius 2 is 2.11 bits per heavy atom. The molecule has 1 aliphatic rings. The lowest BCUT2D eigenvalue weighted by atomic mass is 9.91. The summed E-state index contributed by atoms with van der Waals surface area (Å²) in [6.07, 6.45) is 1.93. The fraction of sp³-hybridized carbons (Fsp3) is 0.500. The summed E-state index contributed by atoms with van der Waals surface area (Å²) in [5.74, 6) is 0.557. The van der Waals surface area contributed by atoms with Gasteiger partial charge in [-0.25, -0.2) is 0 Å². The average Bonchev–Trinajstić information content (AvgIpc) is 2.43. The third kappa shape index (κ3) is 3.41. The maximum Gasteiger partial charge on any atom is 0.167 e. The van der Waals surface area contributed by atoms with E-state index in [1.54, 1.807) is 12.1 Å². The molecule has 0 amide bonds. The quantitative estimate of drug-likeness (QED) is 0.864. The summed E-state index contributed by atoms with van der Waals surface area (Å²) < 4.78 is 5.36. The van der Waals surface area contributed by atoms with Crippen molar-refractivity contribution in [1.82, 2.24) is 5.32 Å². The summed E-state index contributed by atoms with van der Waals surface area (Å²) in [4.78, 5) is 12.4. The monoisotopic (exact) mass is 301 g/mol. The van der Waals surface area contributed by atoms with Crippen molar-refractivity contribution in [2.45, 2.75) is 19.8 Å². The first kappa shape index (κ1) is 14.6. The number of ether oxygens (including phenoxy) is 1. The zero-order valence-electron chi connectivity index (χ0n) is 10.8. The van der Waals surface area contributed by atoms with Gasteiger partial charge in [-0.3, -0.25) is 4.79 Å². The zero-order chi connectivity index (χ0) is 13.8. The number of piperidine rings is 1. The van der Waals surface area contributed by atoms with Gasteiger partial charge in [0.25, 0.3) is 0 Å². The van der Waals surface area contributed by atoms with Crippen LogP contribution in [-0.4, -0.2) is 25.5 Å². The molecule has 0 radical (unpaired) electrons. The van der Waals surface area contributed by atoms with Gasteiger partial charge in [0.05, 0.1) is 16.7 Å². The second-order valence-electron chi connectivity index (χ2n) is 4.61. The normalized spacial score (nSPS) is 19.2. The molecule has 5 heteroatoms. The van der Waals surface area contributed by atoms with Crippen LogP contribution in [0.4, 0.5) is 0 Å². The van der Waals surface area contributed by atoms with Crippen LogP contribution in [0.1, 0.15) is 30.1 Å². The van der Waals surface area contributed by atoms with E-state index in [1.807, 2.05) is 6.92 Å². The van der Waals surface area contributed by atoms with Crippen LogP contribution in [0.3, 0.4) is 0 Å². The highest BCUT2D eigenvalue weighted by molar-refractivity contribution is 6.37. The first-order valence-corrected chi connectivity index (χ1v) is 7.25. The van der Waals surface area contributed by atoms with Crippen molar-refractivity contribution in [2.75, 3.05) is 19.7 Å². The standard InChI is InChI=1S/C14H17Cl2NO2/c1-2-19-14-11(15)6-10(7-12(14)16)13(18)9-4-3-5-17-8-9/h6-7,9,17H,2-5,8H2,1H3. The van der Waals surface area contributed by atoms with E-state index in [9.17, 15) is 4.79 Å². The molecule has 1 saturated heterocycles. The van der Waals surface area contributed by atoms with Crippen molar-refractivity contribution in [3.63, 3.8) is 0 Å². The van der Waals surface area contributed by atoms with Gasteiger partial charge in [-0.2, -0.15) is 0 Å². The first-order valence-electron chi connectivity index (χ1n) is 6.50. The molecule has 0 aromatic heterocycles. The van der Waals surface area contributed by atoms with Crippen LogP contribution >= 0.6 is 23.2 Å². The number of nitrogens with one attached hydrogen (secondary N) is 1. The summed E-state index contributed by atoms with van der Waals surface area (Å²) in [7, 11) is 0. The molecule has 0 aliphatic carbocycles. The summed E-state index contributed by atoms with van der Waals surface area (Å²) in [5, 5.41) is 4.02. The van der Waals surface area contributed by atoms with E-state index >= 15 is 0 Å². The number of carbonyl (C=O) groups excluding carboxylic acids is 1. The van der Waals surface area contributed by atoms with Gasteiger partial charge >= 0.3 is 0 Å². The molecule has 0 saturated carbocycles. The minimum Gasteiger partial charge on any atom is -0.491 e. The average molecular weight is 302 g/mol. The molecule has 104 valence electrons. The molecule has 0 spiro atoms. The summed E-state index contributed by atoms with van der Waals surface area (Å²) >= 11 is 12.2. The van der Waals surface area contributed by atoms with Crippen molar-refractivity contribution in [1.29, 1.82) is 0 Å². The number of halogens is 2. The number of Topliss-reactive ketones (excluding diaryl/α,β-unsaturated/α-hetero) is 1. The minimum atomic E-state index is 0.0128. The highest BCUT2D eigenvalue weighted by atomic mass is 35.5. The largest absolute Gasteiger partial charge is 0.491 e.